The second kappa shape index (κ2) is 5.43. The van der Waals surface area contributed by atoms with Gasteiger partial charge in [-0.1, -0.05) is 0 Å². The van der Waals surface area contributed by atoms with Crippen molar-refractivity contribution in [3.8, 4) is 23.3 Å². The van der Waals surface area contributed by atoms with E-state index in [9.17, 15) is 10.4 Å². The van der Waals surface area contributed by atoms with Gasteiger partial charge < -0.3 is 24.1 Å². The lowest BCUT2D eigenvalue weighted by Gasteiger charge is -2.35. The van der Waals surface area contributed by atoms with Gasteiger partial charge in [-0.2, -0.15) is 5.26 Å². The van der Waals surface area contributed by atoms with Gasteiger partial charge >= 0.3 is 0 Å². The van der Waals surface area contributed by atoms with Crippen LogP contribution >= 0.6 is 0 Å². The summed E-state index contributed by atoms with van der Waals surface area (Å²) < 4.78 is 21.4. The number of aliphatic hydroxyl groups is 1. The third-order valence-corrected chi connectivity index (χ3v) is 4.01. The van der Waals surface area contributed by atoms with E-state index in [2.05, 4.69) is 6.07 Å². The number of hydrogen-bond acceptors (Lipinski definition) is 6. The number of fused-ring (bicyclic) bond motifs is 1. The molecule has 1 fully saturated rings. The molecule has 3 rings (SSSR count). The summed E-state index contributed by atoms with van der Waals surface area (Å²) in [6.07, 6.45) is 0.388. The Bertz CT molecular complexity index is 574. The number of rotatable bonds is 3. The molecule has 2 atom stereocenters. The van der Waals surface area contributed by atoms with Gasteiger partial charge in [0.2, 0.25) is 12.5 Å². The molecule has 1 N–H and O–H groups in total. The molecule has 0 radical (unpaired) electrons. The molecule has 0 aliphatic carbocycles. The van der Waals surface area contributed by atoms with Crippen molar-refractivity contribution in [3.05, 3.63) is 17.7 Å². The molecule has 0 aromatic heterocycles. The summed E-state index contributed by atoms with van der Waals surface area (Å²) >= 11 is 0. The molecule has 2 aliphatic rings. The van der Waals surface area contributed by atoms with E-state index in [1.165, 1.54) is 7.11 Å². The third kappa shape index (κ3) is 2.28. The molecule has 1 aromatic carbocycles. The molecule has 2 unspecified atom stereocenters. The zero-order chi connectivity index (χ0) is 14.9. The minimum atomic E-state index is -0.966. The molecule has 0 saturated carbocycles. The topological polar surface area (TPSA) is 80.9 Å². The van der Waals surface area contributed by atoms with Crippen molar-refractivity contribution in [1.29, 1.82) is 5.26 Å². The number of nitrogens with zero attached hydrogens (tertiary/aromatic N) is 1. The van der Waals surface area contributed by atoms with E-state index in [0.29, 0.717) is 35.8 Å². The first-order valence-corrected chi connectivity index (χ1v) is 6.85. The summed E-state index contributed by atoms with van der Waals surface area (Å²) in [5, 5.41) is 20.2. The Morgan fingerprint density at radius 3 is 2.95 bits per heavy atom. The van der Waals surface area contributed by atoms with E-state index in [1.54, 1.807) is 12.1 Å². The van der Waals surface area contributed by atoms with Gasteiger partial charge in [-0.3, -0.25) is 0 Å². The smallest absolute Gasteiger partial charge is 0.231 e. The predicted octanol–water partition coefficient (Wildman–Crippen LogP) is 1.78. The van der Waals surface area contributed by atoms with Crippen molar-refractivity contribution in [2.24, 2.45) is 5.41 Å². The highest BCUT2D eigenvalue weighted by Gasteiger charge is 2.42. The van der Waals surface area contributed by atoms with Crippen molar-refractivity contribution in [2.45, 2.75) is 18.9 Å². The molecule has 6 heteroatoms. The SMILES string of the molecule is COc1cc(C(O)C2(C#N)CCCOC2)cc2c1OCO2. The lowest BCUT2D eigenvalue weighted by molar-refractivity contribution is -0.0506. The van der Waals surface area contributed by atoms with Crippen LogP contribution in [-0.4, -0.2) is 32.2 Å². The van der Waals surface area contributed by atoms with E-state index >= 15 is 0 Å². The lowest BCUT2D eigenvalue weighted by Crippen LogP contribution is -2.36. The summed E-state index contributed by atoms with van der Waals surface area (Å²) in [5.74, 6) is 1.54. The predicted molar refractivity (Wildman–Crippen MR) is 72.2 cm³/mol. The van der Waals surface area contributed by atoms with Crippen LogP contribution in [0.15, 0.2) is 12.1 Å². The van der Waals surface area contributed by atoms with Crippen LogP contribution in [-0.2, 0) is 4.74 Å². The zero-order valence-corrected chi connectivity index (χ0v) is 11.8. The summed E-state index contributed by atoms with van der Waals surface area (Å²) in [6.45, 7) is 0.972. The summed E-state index contributed by atoms with van der Waals surface area (Å²) in [4.78, 5) is 0. The Balaban J connectivity index is 1.98. The summed E-state index contributed by atoms with van der Waals surface area (Å²) in [7, 11) is 1.53. The molecule has 21 heavy (non-hydrogen) atoms. The van der Waals surface area contributed by atoms with Crippen molar-refractivity contribution in [1.82, 2.24) is 0 Å². The fourth-order valence-electron chi connectivity index (χ4n) is 2.81. The molecule has 1 saturated heterocycles. The Hall–Kier alpha value is -1.97. The van der Waals surface area contributed by atoms with Crippen molar-refractivity contribution in [3.63, 3.8) is 0 Å². The maximum absolute atomic E-state index is 10.7. The molecular formula is C15H17NO5. The van der Waals surface area contributed by atoms with E-state index in [0.717, 1.165) is 6.42 Å². The molecule has 0 spiro atoms. The fourth-order valence-corrected chi connectivity index (χ4v) is 2.81. The molecular weight excluding hydrogens is 274 g/mol. The maximum atomic E-state index is 10.7. The van der Waals surface area contributed by atoms with Gasteiger partial charge in [-0.15, -0.1) is 0 Å². The Labute approximate surface area is 122 Å². The fraction of sp³-hybridized carbons (Fsp3) is 0.533. The van der Waals surface area contributed by atoms with Crippen LogP contribution < -0.4 is 14.2 Å². The first-order valence-electron chi connectivity index (χ1n) is 6.85. The van der Waals surface area contributed by atoms with E-state index in [-0.39, 0.29) is 13.4 Å². The van der Waals surface area contributed by atoms with Crippen molar-refractivity contribution >= 4 is 0 Å². The van der Waals surface area contributed by atoms with E-state index in [4.69, 9.17) is 18.9 Å². The van der Waals surface area contributed by atoms with E-state index < -0.39 is 11.5 Å². The Morgan fingerprint density at radius 2 is 2.29 bits per heavy atom. The number of ether oxygens (including phenoxy) is 4. The first kappa shape index (κ1) is 14.0. The Kier molecular flexibility index (Phi) is 3.62. The summed E-state index contributed by atoms with van der Waals surface area (Å²) in [5.41, 5.74) is -0.361. The number of hydrogen-bond donors (Lipinski definition) is 1. The molecule has 0 bridgehead atoms. The van der Waals surface area contributed by atoms with Gasteiger partial charge in [0.1, 0.15) is 11.5 Å². The monoisotopic (exact) mass is 291 g/mol. The van der Waals surface area contributed by atoms with E-state index in [1.807, 2.05) is 0 Å². The van der Waals surface area contributed by atoms with Crippen LogP contribution in [0.25, 0.3) is 0 Å². The number of benzene rings is 1. The number of nitriles is 1. The lowest BCUT2D eigenvalue weighted by atomic mass is 9.76. The second-order valence-electron chi connectivity index (χ2n) is 5.28. The van der Waals surface area contributed by atoms with Crippen molar-refractivity contribution in [2.75, 3.05) is 27.1 Å². The maximum Gasteiger partial charge on any atom is 0.231 e. The van der Waals surface area contributed by atoms with Crippen LogP contribution in [0.2, 0.25) is 0 Å². The van der Waals surface area contributed by atoms with Crippen LogP contribution in [0.5, 0.6) is 17.2 Å². The number of methoxy groups -OCH3 is 1. The molecule has 6 nitrogen and oxygen atoms in total. The summed E-state index contributed by atoms with van der Waals surface area (Å²) in [6, 6.07) is 5.62. The molecule has 2 aliphatic heterocycles. The molecule has 2 heterocycles. The highest BCUT2D eigenvalue weighted by atomic mass is 16.7. The van der Waals surface area contributed by atoms with Gasteiger partial charge in [0, 0.05) is 6.61 Å². The second-order valence-corrected chi connectivity index (χ2v) is 5.28. The van der Waals surface area contributed by atoms with Crippen molar-refractivity contribution < 1.29 is 24.1 Å². The van der Waals surface area contributed by atoms with Crippen LogP contribution in [0, 0.1) is 16.7 Å². The molecule has 112 valence electrons. The van der Waals surface area contributed by atoms with Crippen LogP contribution in [0.1, 0.15) is 24.5 Å². The van der Waals surface area contributed by atoms with Gasteiger partial charge in [0.05, 0.1) is 19.8 Å². The quantitative estimate of drug-likeness (QED) is 0.914. The minimum absolute atomic E-state index is 0.123. The highest BCUT2D eigenvalue weighted by Crippen LogP contribution is 2.47. The normalized spacial score (nSPS) is 25.2. The van der Waals surface area contributed by atoms with Gasteiger partial charge in [-0.25, -0.2) is 0 Å². The first-order chi connectivity index (χ1) is 10.2. The molecule has 0 amide bonds. The highest BCUT2D eigenvalue weighted by molar-refractivity contribution is 5.55. The van der Waals surface area contributed by atoms with Gasteiger partial charge in [-0.05, 0) is 30.5 Å². The van der Waals surface area contributed by atoms with Gasteiger partial charge in [0.25, 0.3) is 0 Å². The minimum Gasteiger partial charge on any atom is -0.493 e. The standard InChI is InChI=1S/C15H17NO5/c1-18-11-5-10(6-12-13(11)21-9-20-12)14(17)15(7-16)3-2-4-19-8-15/h5-6,14,17H,2-4,8-9H2,1H3. The third-order valence-electron chi connectivity index (χ3n) is 4.01. The zero-order valence-electron chi connectivity index (χ0n) is 11.8. The van der Waals surface area contributed by atoms with Crippen LogP contribution in [0.3, 0.4) is 0 Å². The Morgan fingerprint density at radius 1 is 1.43 bits per heavy atom. The largest absolute Gasteiger partial charge is 0.493 e. The van der Waals surface area contributed by atoms with Gasteiger partial charge in [0.15, 0.2) is 11.5 Å². The number of aliphatic hydroxyl groups excluding tert-OH is 1. The van der Waals surface area contributed by atoms with Crippen LogP contribution in [0.4, 0.5) is 0 Å². The molecule has 1 aromatic rings. The average Bonchev–Trinajstić information content (AvgIpc) is 3.02. The average molecular weight is 291 g/mol.